The van der Waals surface area contributed by atoms with E-state index < -0.39 is 0 Å². The number of anilines is 1. The molecule has 1 fully saturated rings. The van der Waals surface area contributed by atoms with E-state index in [0.717, 1.165) is 33.5 Å². The number of carbonyl (C=O) groups is 1. The van der Waals surface area contributed by atoms with E-state index in [1.165, 1.54) is 5.39 Å². The zero-order chi connectivity index (χ0) is 23.1. The van der Waals surface area contributed by atoms with Crippen LogP contribution in [0, 0.1) is 0 Å². The fraction of sp³-hybridized carbons (Fsp3) is 0.179. The number of para-hydroxylation sites is 1. The molecule has 6 heteroatoms. The van der Waals surface area contributed by atoms with Gasteiger partial charge in [0.25, 0.3) is 5.91 Å². The first-order valence-electron chi connectivity index (χ1n) is 11.6. The number of benzene rings is 3. The maximum absolute atomic E-state index is 13.0. The van der Waals surface area contributed by atoms with E-state index >= 15 is 0 Å². The molecule has 0 radical (unpaired) electrons. The third-order valence-electron chi connectivity index (χ3n) is 6.68. The van der Waals surface area contributed by atoms with Gasteiger partial charge in [-0.15, -0.1) is 10.2 Å². The van der Waals surface area contributed by atoms with Crippen LogP contribution in [0.4, 0.5) is 5.82 Å². The van der Waals surface area contributed by atoms with Gasteiger partial charge in [-0.25, -0.2) is 0 Å². The molecule has 1 saturated heterocycles. The van der Waals surface area contributed by atoms with Crippen molar-refractivity contribution in [3.63, 3.8) is 0 Å². The lowest BCUT2D eigenvalue weighted by atomic mass is 10.1. The summed E-state index contributed by atoms with van der Waals surface area (Å²) in [5.74, 6) is 1.78. The van der Waals surface area contributed by atoms with Crippen molar-refractivity contribution in [1.82, 2.24) is 19.7 Å². The minimum absolute atomic E-state index is 0.0814. The van der Waals surface area contributed by atoms with Gasteiger partial charge in [-0.2, -0.15) is 0 Å². The molecule has 6 rings (SSSR count). The first-order chi connectivity index (χ1) is 16.7. The van der Waals surface area contributed by atoms with Gasteiger partial charge in [-0.3, -0.25) is 9.36 Å². The number of hydrogen-bond acceptors (Lipinski definition) is 4. The molecule has 0 spiro atoms. The van der Waals surface area contributed by atoms with Crippen LogP contribution in [-0.2, 0) is 0 Å². The summed E-state index contributed by atoms with van der Waals surface area (Å²) in [7, 11) is 0. The number of nitrogens with zero attached hydrogens (tertiary/aromatic N) is 5. The first kappa shape index (κ1) is 20.4. The number of aromatic nitrogens is 3. The van der Waals surface area contributed by atoms with Crippen LogP contribution in [0.1, 0.15) is 17.3 Å². The minimum atomic E-state index is 0.0814. The highest BCUT2D eigenvalue weighted by Gasteiger charge is 2.29. The maximum atomic E-state index is 13.0. The largest absolute Gasteiger partial charge is 0.348 e. The summed E-state index contributed by atoms with van der Waals surface area (Å²) in [6.45, 7) is 4.16. The van der Waals surface area contributed by atoms with Crippen molar-refractivity contribution in [2.45, 2.75) is 13.0 Å². The number of hydrogen-bond donors (Lipinski definition) is 0. The molecule has 1 unspecified atom stereocenters. The van der Waals surface area contributed by atoms with E-state index in [-0.39, 0.29) is 11.9 Å². The van der Waals surface area contributed by atoms with E-state index in [1.54, 1.807) is 0 Å². The van der Waals surface area contributed by atoms with Gasteiger partial charge in [0.15, 0.2) is 11.6 Å². The Kier molecular flexibility index (Phi) is 4.99. The van der Waals surface area contributed by atoms with Gasteiger partial charge >= 0.3 is 0 Å². The number of carbonyl (C=O) groups excluding carboxylic acids is 1. The van der Waals surface area contributed by atoms with Crippen molar-refractivity contribution in [1.29, 1.82) is 0 Å². The van der Waals surface area contributed by atoms with Crippen molar-refractivity contribution >= 4 is 33.4 Å². The Hall–Kier alpha value is -4.19. The molecule has 0 aliphatic carbocycles. The van der Waals surface area contributed by atoms with Gasteiger partial charge in [0.1, 0.15) is 0 Å². The predicted octanol–water partition coefficient (Wildman–Crippen LogP) is 4.92. The molecule has 168 valence electrons. The van der Waals surface area contributed by atoms with Crippen molar-refractivity contribution in [2.75, 3.05) is 24.5 Å². The second-order valence-corrected chi connectivity index (χ2v) is 8.80. The van der Waals surface area contributed by atoms with E-state index in [1.807, 2.05) is 59.5 Å². The third-order valence-corrected chi connectivity index (χ3v) is 6.68. The molecule has 2 aromatic heterocycles. The molecule has 0 bridgehead atoms. The SMILES string of the molecule is CC1CN(C(=O)c2ccccc2)CCN1c1nnc(-n2ccc3ccccc32)c2ccccc12. The number of amides is 1. The van der Waals surface area contributed by atoms with Crippen LogP contribution < -0.4 is 4.90 Å². The fourth-order valence-electron chi connectivity index (χ4n) is 4.95. The number of rotatable bonds is 3. The molecular weight excluding hydrogens is 422 g/mol. The van der Waals surface area contributed by atoms with E-state index in [2.05, 4.69) is 52.9 Å². The predicted molar refractivity (Wildman–Crippen MR) is 136 cm³/mol. The highest BCUT2D eigenvalue weighted by Crippen LogP contribution is 2.31. The lowest BCUT2D eigenvalue weighted by Crippen LogP contribution is -2.54. The third kappa shape index (κ3) is 3.39. The molecule has 1 aliphatic heterocycles. The van der Waals surface area contributed by atoms with E-state index in [0.29, 0.717) is 19.6 Å². The maximum Gasteiger partial charge on any atom is 0.253 e. The van der Waals surface area contributed by atoms with Crippen LogP contribution in [-0.4, -0.2) is 51.2 Å². The standard InChI is InChI=1S/C28H25N5O/c1-20-19-31(28(34)22-10-3-2-4-11-22)17-18-32(20)26-23-12-6-7-13-24(23)27(30-29-26)33-16-15-21-9-5-8-14-25(21)33/h2-16,20H,17-19H2,1H3. The Labute approximate surface area is 198 Å². The Balaban J connectivity index is 1.34. The van der Waals surface area contributed by atoms with Crippen molar-refractivity contribution < 1.29 is 4.79 Å². The van der Waals surface area contributed by atoms with Gasteiger partial charge in [-0.05, 0) is 36.6 Å². The molecule has 0 saturated carbocycles. The molecule has 3 heterocycles. The quantitative estimate of drug-likeness (QED) is 0.394. The number of fused-ring (bicyclic) bond motifs is 2. The van der Waals surface area contributed by atoms with Crippen LogP contribution in [0.2, 0.25) is 0 Å². The lowest BCUT2D eigenvalue weighted by molar-refractivity contribution is 0.0726. The van der Waals surface area contributed by atoms with Gasteiger partial charge in [0.2, 0.25) is 0 Å². The van der Waals surface area contributed by atoms with Crippen molar-refractivity contribution in [3.05, 3.63) is 96.7 Å². The summed E-state index contributed by atoms with van der Waals surface area (Å²) in [6.07, 6.45) is 2.05. The zero-order valence-electron chi connectivity index (χ0n) is 19.0. The summed E-state index contributed by atoms with van der Waals surface area (Å²) in [6, 6.07) is 28.3. The Morgan fingerprint density at radius 1 is 0.794 bits per heavy atom. The summed E-state index contributed by atoms with van der Waals surface area (Å²) >= 11 is 0. The minimum Gasteiger partial charge on any atom is -0.348 e. The Morgan fingerprint density at radius 2 is 1.47 bits per heavy atom. The molecular formula is C28H25N5O. The highest BCUT2D eigenvalue weighted by molar-refractivity contribution is 5.98. The van der Waals surface area contributed by atoms with Crippen LogP contribution >= 0.6 is 0 Å². The van der Waals surface area contributed by atoms with E-state index in [9.17, 15) is 4.79 Å². The Bertz CT molecular complexity index is 1490. The first-order valence-corrected chi connectivity index (χ1v) is 11.6. The molecule has 1 aliphatic rings. The average molecular weight is 448 g/mol. The molecule has 34 heavy (non-hydrogen) atoms. The summed E-state index contributed by atoms with van der Waals surface area (Å²) in [4.78, 5) is 17.2. The van der Waals surface area contributed by atoms with Crippen LogP contribution in [0.5, 0.6) is 0 Å². The summed E-state index contributed by atoms with van der Waals surface area (Å²) in [5, 5.41) is 12.7. The molecule has 0 N–H and O–H groups in total. The molecule has 1 amide bonds. The zero-order valence-corrected chi connectivity index (χ0v) is 19.0. The fourth-order valence-corrected chi connectivity index (χ4v) is 4.95. The van der Waals surface area contributed by atoms with Gasteiger partial charge in [0.05, 0.1) is 5.52 Å². The van der Waals surface area contributed by atoms with E-state index in [4.69, 9.17) is 10.2 Å². The second kappa shape index (κ2) is 8.30. The van der Waals surface area contributed by atoms with Crippen molar-refractivity contribution in [2.24, 2.45) is 0 Å². The van der Waals surface area contributed by atoms with Crippen molar-refractivity contribution in [3.8, 4) is 5.82 Å². The van der Waals surface area contributed by atoms with Crippen LogP contribution in [0.25, 0.3) is 27.5 Å². The molecule has 1 atom stereocenters. The molecule has 6 nitrogen and oxygen atoms in total. The lowest BCUT2D eigenvalue weighted by Gasteiger charge is -2.40. The monoisotopic (exact) mass is 447 g/mol. The number of piperazine rings is 1. The molecule has 3 aromatic carbocycles. The van der Waals surface area contributed by atoms with Gasteiger partial charge < -0.3 is 9.80 Å². The normalized spacial score (nSPS) is 16.3. The highest BCUT2D eigenvalue weighted by atomic mass is 16.2. The average Bonchev–Trinajstić information content (AvgIpc) is 3.32. The van der Waals surface area contributed by atoms with Gasteiger partial charge in [0, 0.05) is 48.2 Å². The topological polar surface area (TPSA) is 54.3 Å². The summed E-state index contributed by atoms with van der Waals surface area (Å²) < 4.78 is 2.11. The molecule has 5 aromatic rings. The Morgan fingerprint density at radius 3 is 2.26 bits per heavy atom. The van der Waals surface area contributed by atoms with Crippen LogP contribution in [0.15, 0.2) is 91.1 Å². The second-order valence-electron chi connectivity index (χ2n) is 8.80. The van der Waals surface area contributed by atoms with Gasteiger partial charge in [-0.1, -0.05) is 60.7 Å². The van der Waals surface area contributed by atoms with Crippen LogP contribution in [0.3, 0.4) is 0 Å². The summed E-state index contributed by atoms with van der Waals surface area (Å²) in [5.41, 5.74) is 1.84. The smallest absolute Gasteiger partial charge is 0.253 e.